The molecule has 2 aliphatic heterocycles. The van der Waals surface area contributed by atoms with Crippen LogP contribution < -0.4 is 10.1 Å². The molecule has 2 aromatic carbocycles. The van der Waals surface area contributed by atoms with E-state index in [4.69, 9.17) is 9.72 Å². The molecule has 1 aromatic heterocycles. The number of para-hydroxylation sites is 2. The fraction of sp³-hybridized carbons (Fsp3) is 0.385. The molecule has 0 spiro atoms. The van der Waals surface area contributed by atoms with Gasteiger partial charge in [0, 0.05) is 25.4 Å². The van der Waals surface area contributed by atoms with Crippen LogP contribution in [0, 0.1) is 0 Å². The molecule has 9 heteroatoms. The second-order valence-corrected chi connectivity index (χ2v) is 10.4. The fourth-order valence-corrected chi connectivity index (χ4v) is 6.05. The second kappa shape index (κ2) is 9.30. The number of hydrogen-bond acceptors (Lipinski definition) is 6. The third-order valence-corrected chi connectivity index (χ3v) is 8.08. The van der Waals surface area contributed by atoms with Crippen molar-refractivity contribution in [1.29, 1.82) is 0 Å². The number of carbonyl (C=O) groups excluding carboxylic acids is 3. The number of likely N-dealkylation sites (tertiary alicyclic amines) is 1. The summed E-state index contributed by atoms with van der Waals surface area (Å²) >= 11 is 1.71. The third-order valence-electron chi connectivity index (χ3n) is 6.88. The molecule has 35 heavy (non-hydrogen) atoms. The first-order valence-electron chi connectivity index (χ1n) is 11.8. The number of imide groups is 1. The van der Waals surface area contributed by atoms with Crippen molar-refractivity contribution in [3.63, 3.8) is 0 Å². The Kier molecular flexibility index (Phi) is 6.19. The normalized spacial score (nSPS) is 21.0. The van der Waals surface area contributed by atoms with Gasteiger partial charge in [0.2, 0.25) is 5.91 Å². The van der Waals surface area contributed by atoms with Crippen molar-refractivity contribution in [3.8, 4) is 5.75 Å². The summed E-state index contributed by atoms with van der Waals surface area (Å²) in [6, 6.07) is 15.0. The summed E-state index contributed by atoms with van der Waals surface area (Å²) < 4.78 is 6.57. The van der Waals surface area contributed by atoms with Gasteiger partial charge in [-0.2, -0.15) is 0 Å². The molecule has 2 saturated heterocycles. The molecule has 182 valence electrons. The van der Waals surface area contributed by atoms with Gasteiger partial charge in [-0.3, -0.25) is 14.5 Å². The summed E-state index contributed by atoms with van der Waals surface area (Å²) in [5.74, 6) is 0.363. The van der Waals surface area contributed by atoms with Crippen molar-refractivity contribution in [2.45, 2.75) is 37.6 Å². The van der Waals surface area contributed by atoms with Crippen LogP contribution in [0.5, 0.6) is 5.75 Å². The van der Waals surface area contributed by atoms with Crippen LogP contribution in [0.15, 0.2) is 48.5 Å². The number of hydrogen-bond donors (Lipinski definition) is 1. The predicted octanol–water partition coefficient (Wildman–Crippen LogP) is 3.56. The SMILES string of the molecule is COc1ccccc1C[C@@]1(C)NC(=O)N(CC(=O)N2CCC(c3nc4ccccc4s3)CC2)C1=O. The zero-order valence-corrected chi connectivity index (χ0v) is 20.6. The number of ether oxygens (including phenoxy) is 1. The number of benzene rings is 2. The Hall–Kier alpha value is -3.46. The van der Waals surface area contributed by atoms with Crippen molar-refractivity contribution in [1.82, 2.24) is 20.1 Å². The number of aromatic nitrogens is 1. The molecule has 3 aromatic rings. The quantitative estimate of drug-likeness (QED) is 0.531. The van der Waals surface area contributed by atoms with E-state index >= 15 is 0 Å². The lowest BCUT2D eigenvalue weighted by atomic mass is 9.92. The fourth-order valence-electron chi connectivity index (χ4n) is 4.92. The average Bonchev–Trinajstić information content (AvgIpc) is 3.39. The Morgan fingerprint density at radius 2 is 1.86 bits per heavy atom. The molecule has 3 heterocycles. The van der Waals surface area contributed by atoms with Crippen LogP contribution in [0.25, 0.3) is 10.2 Å². The number of nitrogens with zero attached hydrogens (tertiary/aromatic N) is 3. The lowest BCUT2D eigenvalue weighted by molar-refractivity contribution is -0.139. The van der Waals surface area contributed by atoms with Gasteiger partial charge in [-0.1, -0.05) is 30.3 Å². The van der Waals surface area contributed by atoms with Crippen LogP contribution in [0.3, 0.4) is 0 Å². The van der Waals surface area contributed by atoms with Gasteiger partial charge in [0.05, 0.1) is 22.3 Å². The van der Waals surface area contributed by atoms with E-state index in [0.717, 1.165) is 33.8 Å². The maximum atomic E-state index is 13.2. The minimum atomic E-state index is -1.13. The highest BCUT2D eigenvalue weighted by molar-refractivity contribution is 7.18. The van der Waals surface area contributed by atoms with E-state index in [2.05, 4.69) is 11.4 Å². The zero-order chi connectivity index (χ0) is 24.6. The smallest absolute Gasteiger partial charge is 0.325 e. The number of piperidine rings is 1. The summed E-state index contributed by atoms with van der Waals surface area (Å²) in [5.41, 5.74) is 0.697. The monoisotopic (exact) mass is 492 g/mol. The van der Waals surface area contributed by atoms with Gasteiger partial charge in [0.1, 0.15) is 17.8 Å². The van der Waals surface area contributed by atoms with Crippen molar-refractivity contribution in [2.24, 2.45) is 0 Å². The third kappa shape index (κ3) is 4.48. The number of fused-ring (bicyclic) bond motifs is 1. The van der Waals surface area contributed by atoms with Gasteiger partial charge in [0.25, 0.3) is 5.91 Å². The number of methoxy groups -OCH3 is 1. The number of nitrogens with one attached hydrogen (secondary N) is 1. The summed E-state index contributed by atoms with van der Waals surface area (Å²) in [6.07, 6.45) is 1.91. The lowest BCUT2D eigenvalue weighted by Crippen LogP contribution is -2.48. The van der Waals surface area contributed by atoms with Crippen LogP contribution in [0.2, 0.25) is 0 Å². The molecule has 0 radical (unpaired) electrons. The molecule has 8 nitrogen and oxygen atoms in total. The Balaban J connectivity index is 1.20. The minimum Gasteiger partial charge on any atom is -0.496 e. The average molecular weight is 493 g/mol. The highest BCUT2D eigenvalue weighted by Gasteiger charge is 2.49. The highest BCUT2D eigenvalue weighted by Crippen LogP contribution is 2.34. The van der Waals surface area contributed by atoms with Crippen molar-refractivity contribution in [3.05, 3.63) is 59.1 Å². The predicted molar refractivity (Wildman–Crippen MR) is 134 cm³/mol. The lowest BCUT2D eigenvalue weighted by Gasteiger charge is -2.32. The van der Waals surface area contributed by atoms with Crippen LogP contribution in [0.1, 0.15) is 36.3 Å². The van der Waals surface area contributed by atoms with Crippen LogP contribution in [-0.4, -0.2) is 64.9 Å². The number of amides is 4. The molecule has 5 rings (SSSR count). The van der Waals surface area contributed by atoms with Gasteiger partial charge in [-0.05, 0) is 43.5 Å². The maximum absolute atomic E-state index is 13.2. The molecule has 0 bridgehead atoms. The molecule has 0 saturated carbocycles. The summed E-state index contributed by atoms with van der Waals surface area (Å²) in [6.45, 7) is 2.61. The van der Waals surface area contributed by atoms with Crippen molar-refractivity contribution in [2.75, 3.05) is 26.7 Å². The van der Waals surface area contributed by atoms with Gasteiger partial charge in [-0.15, -0.1) is 11.3 Å². The first kappa shape index (κ1) is 23.3. The molecular weight excluding hydrogens is 464 g/mol. The molecule has 4 amide bonds. The Labute approximate surface area is 207 Å². The van der Waals surface area contributed by atoms with E-state index in [-0.39, 0.29) is 18.9 Å². The number of carbonyl (C=O) groups is 3. The van der Waals surface area contributed by atoms with Gasteiger partial charge >= 0.3 is 6.03 Å². The van der Waals surface area contributed by atoms with Gasteiger partial charge in [-0.25, -0.2) is 9.78 Å². The van der Waals surface area contributed by atoms with E-state index in [0.29, 0.717) is 24.8 Å². The maximum Gasteiger partial charge on any atom is 0.325 e. The number of rotatable bonds is 6. The molecule has 2 fully saturated rings. The highest BCUT2D eigenvalue weighted by atomic mass is 32.1. The molecule has 1 N–H and O–H groups in total. The topological polar surface area (TPSA) is 91.8 Å². The minimum absolute atomic E-state index is 0.210. The number of urea groups is 1. The van der Waals surface area contributed by atoms with Crippen LogP contribution >= 0.6 is 11.3 Å². The van der Waals surface area contributed by atoms with Crippen LogP contribution in [-0.2, 0) is 16.0 Å². The van der Waals surface area contributed by atoms with E-state index in [1.54, 1.807) is 30.3 Å². The van der Waals surface area contributed by atoms with E-state index in [9.17, 15) is 14.4 Å². The van der Waals surface area contributed by atoms with Crippen LogP contribution in [0.4, 0.5) is 4.79 Å². The van der Waals surface area contributed by atoms with E-state index in [1.807, 2.05) is 42.5 Å². The van der Waals surface area contributed by atoms with Crippen molar-refractivity contribution < 1.29 is 19.1 Å². The Morgan fingerprint density at radius 1 is 1.14 bits per heavy atom. The first-order chi connectivity index (χ1) is 16.9. The molecule has 0 unspecified atom stereocenters. The van der Waals surface area contributed by atoms with E-state index in [1.165, 1.54) is 4.70 Å². The molecular formula is C26H28N4O4S. The van der Waals surface area contributed by atoms with E-state index < -0.39 is 17.5 Å². The standard InChI is InChI=1S/C26H28N4O4S/c1-26(15-18-7-3-5-9-20(18)34-2)24(32)30(25(33)28-26)16-22(31)29-13-11-17(12-14-29)23-27-19-8-4-6-10-21(19)35-23/h3-10,17H,11-16H2,1-2H3,(H,28,33)/t26-/m1/s1. The first-order valence-corrected chi connectivity index (χ1v) is 12.6. The Morgan fingerprint density at radius 3 is 2.60 bits per heavy atom. The zero-order valence-electron chi connectivity index (χ0n) is 19.8. The van der Waals surface area contributed by atoms with Crippen molar-refractivity contribution >= 4 is 39.4 Å². The van der Waals surface area contributed by atoms with Gasteiger partial charge < -0.3 is 15.0 Å². The number of thiazole rings is 1. The Bertz CT molecular complexity index is 1250. The summed E-state index contributed by atoms with van der Waals surface area (Å²) in [5, 5.41) is 3.89. The largest absolute Gasteiger partial charge is 0.496 e. The second-order valence-electron chi connectivity index (χ2n) is 9.32. The molecule has 1 atom stereocenters. The summed E-state index contributed by atoms with van der Waals surface area (Å²) in [4.78, 5) is 46.5. The van der Waals surface area contributed by atoms with Gasteiger partial charge in [0.15, 0.2) is 0 Å². The molecule has 0 aliphatic carbocycles. The molecule has 2 aliphatic rings. The summed E-state index contributed by atoms with van der Waals surface area (Å²) in [7, 11) is 1.57.